The van der Waals surface area contributed by atoms with E-state index in [9.17, 15) is 44.7 Å². The second kappa shape index (κ2) is 30.5. The predicted octanol–water partition coefficient (Wildman–Crippen LogP) is 11.7. The van der Waals surface area contributed by atoms with Crippen LogP contribution in [0.25, 0.3) is 32.7 Å². The van der Waals surface area contributed by atoms with Gasteiger partial charge in [-0.25, -0.2) is 0 Å². The summed E-state index contributed by atoms with van der Waals surface area (Å²) in [6.07, 6.45) is 12.7. The molecule has 0 radical (unpaired) electrons. The SMILES string of the molecule is CCN(Cc1ccncc1)C(=O)C(CO)c1ccccc1.COc1cc(/C=C/C(=O)CC(=O)/C=C/c2ccc(O)c(OC)c2)ccc1O.O=C(c1ccc(OCCN2CCCCC2)cc1)c1c(-c2ccc(O)cc2)sc2cc(O)ccc12. The Labute approximate surface area is 481 Å². The number of benzene rings is 6. The number of ether oxygens (including phenoxy) is 3. The molecule has 1 saturated heterocycles. The number of aromatic hydroxyl groups is 4. The van der Waals surface area contributed by atoms with Crippen LogP contribution in [0.2, 0.25) is 0 Å². The molecule has 1 atom stereocenters. The molecule has 0 spiro atoms. The lowest BCUT2D eigenvalue weighted by Crippen LogP contribution is -2.36. The average molecular weight is 1130 g/mol. The van der Waals surface area contributed by atoms with Crippen molar-refractivity contribution in [3.8, 4) is 50.7 Å². The minimum Gasteiger partial charge on any atom is -0.508 e. The molecule has 1 aliphatic heterocycles. The van der Waals surface area contributed by atoms with E-state index in [1.165, 1.54) is 69.1 Å². The number of carbonyl (C=O) groups is 4. The van der Waals surface area contributed by atoms with Crippen LogP contribution in [0.15, 0.2) is 170 Å². The number of likely N-dealkylation sites (N-methyl/N-ethyl adjacent to an activating group) is 1. The number of hydrogen-bond acceptors (Lipinski definition) is 15. The Hall–Kier alpha value is -9.09. The fourth-order valence-electron chi connectivity index (χ4n) is 9.00. The number of likely N-dealkylation sites (tertiary alicyclic amines) is 1. The molecule has 2 aromatic heterocycles. The molecule has 5 N–H and O–H groups in total. The van der Waals surface area contributed by atoms with E-state index in [2.05, 4.69) is 9.88 Å². The highest BCUT2D eigenvalue weighted by molar-refractivity contribution is 7.22. The van der Waals surface area contributed by atoms with Gasteiger partial charge in [0.05, 0.1) is 33.2 Å². The average Bonchev–Trinajstić information content (AvgIpc) is 3.69. The summed E-state index contributed by atoms with van der Waals surface area (Å²) in [5.74, 6) is 0.366. The molecule has 6 aromatic carbocycles. The number of aliphatic hydroxyl groups is 1. The summed E-state index contributed by atoms with van der Waals surface area (Å²) in [6, 6.07) is 41.8. The topological polar surface area (TPSA) is 216 Å². The molecule has 424 valence electrons. The van der Waals surface area contributed by atoms with Crippen molar-refractivity contribution in [2.24, 2.45) is 0 Å². The number of nitrogens with zero attached hydrogens (tertiary/aromatic N) is 3. The number of phenols is 4. The van der Waals surface area contributed by atoms with Crippen molar-refractivity contribution in [3.05, 3.63) is 204 Å². The van der Waals surface area contributed by atoms with Crippen molar-refractivity contribution in [2.45, 2.75) is 45.1 Å². The van der Waals surface area contributed by atoms with Gasteiger partial charge in [-0.15, -0.1) is 11.3 Å². The van der Waals surface area contributed by atoms with Gasteiger partial charge >= 0.3 is 0 Å². The summed E-state index contributed by atoms with van der Waals surface area (Å²) in [4.78, 5) is 59.1. The van der Waals surface area contributed by atoms with E-state index in [0.717, 1.165) is 57.0 Å². The number of aliphatic hydroxyl groups excluding tert-OH is 1. The van der Waals surface area contributed by atoms with Gasteiger partial charge in [0.15, 0.2) is 40.3 Å². The third kappa shape index (κ3) is 17.2. The van der Waals surface area contributed by atoms with Crippen LogP contribution in [0.4, 0.5) is 0 Å². The second-order valence-corrected chi connectivity index (χ2v) is 20.2. The molecule has 1 amide bonds. The van der Waals surface area contributed by atoms with Gasteiger partial charge in [-0.05, 0) is 176 Å². The lowest BCUT2D eigenvalue weighted by Gasteiger charge is -2.26. The fraction of sp³-hybridized carbons (Fsp3) is 0.227. The number of fused-ring (bicyclic) bond motifs is 1. The molecule has 1 unspecified atom stereocenters. The first-order valence-electron chi connectivity index (χ1n) is 26.8. The Morgan fingerprint density at radius 2 is 1.29 bits per heavy atom. The molecule has 0 bridgehead atoms. The van der Waals surface area contributed by atoms with E-state index in [-0.39, 0.29) is 59.3 Å². The summed E-state index contributed by atoms with van der Waals surface area (Å²) in [5.41, 5.74) is 5.23. The number of hydrogen-bond donors (Lipinski definition) is 5. The van der Waals surface area contributed by atoms with Crippen LogP contribution >= 0.6 is 11.3 Å². The molecule has 9 rings (SSSR count). The number of aromatic nitrogens is 1. The van der Waals surface area contributed by atoms with Crippen molar-refractivity contribution in [1.82, 2.24) is 14.8 Å². The molecule has 15 nitrogen and oxygen atoms in total. The number of allylic oxidation sites excluding steroid dienone is 2. The molecule has 8 aromatic rings. The Bertz CT molecular complexity index is 3380. The molecule has 1 fully saturated rings. The molecular weight excluding hydrogens is 1060 g/mol. The van der Waals surface area contributed by atoms with Gasteiger partial charge in [0.25, 0.3) is 0 Å². The standard InChI is InChI=1S/C28H27NO4S.C21H20O6.C17H20N2O2/c30-21-8-4-20(5-9-21)28-26(24-13-10-22(31)18-25(24)34-28)27(32)19-6-11-23(12-7-19)33-17-16-29-14-2-1-3-15-29;1-26-20-11-14(5-9-18(20)24)3-7-16(22)13-17(23)8-4-15-6-10-19(25)21(12-15)27-2;1-2-19(12-14-8-10-18-11-9-14)17(21)16(13-20)15-6-4-3-5-7-15/h4-13,18,30-31H,1-3,14-17H2;3-12,24-25H,13H2,1-2H3;3-11,16,20H,2,12-13H2,1H3/b;7-3+,8-4+;. The summed E-state index contributed by atoms with van der Waals surface area (Å²) in [6.45, 7) is 6.74. The smallest absolute Gasteiger partial charge is 0.232 e. The van der Waals surface area contributed by atoms with Crippen LogP contribution in [0, 0.1) is 0 Å². The largest absolute Gasteiger partial charge is 0.508 e. The Morgan fingerprint density at radius 3 is 1.87 bits per heavy atom. The number of methoxy groups -OCH3 is 2. The number of phenolic OH excluding ortho intramolecular Hbond substituents is 4. The molecular formula is C66H67N3O12S. The number of rotatable bonds is 21. The van der Waals surface area contributed by atoms with Gasteiger partial charge in [0, 0.05) is 58.1 Å². The minimum atomic E-state index is -0.506. The summed E-state index contributed by atoms with van der Waals surface area (Å²) < 4.78 is 16.8. The van der Waals surface area contributed by atoms with Crippen molar-refractivity contribution < 1.29 is 58.9 Å². The van der Waals surface area contributed by atoms with Crippen molar-refractivity contribution in [1.29, 1.82) is 0 Å². The molecule has 82 heavy (non-hydrogen) atoms. The van der Waals surface area contributed by atoms with Crippen LogP contribution in [-0.4, -0.2) is 117 Å². The van der Waals surface area contributed by atoms with Crippen molar-refractivity contribution >= 4 is 56.8 Å². The van der Waals surface area contributed by atoms with Gasteiger partial charge < -0.3 is 44.6 Å². The van der Waals surface area contributed by atoms with Crippen molar-refractivity contribution in [2.75, 3.05) is 53.6 Å². The molecule has 3 heterocycles. The van der Waals surface area contributed by atoms with E-state index >= 15 is 0 Å². The second-order valence-electron chi connectivity index (χ2n) is 19.1. The first-order valence-corrected chi connectivity index (χ1v) is 27.6. The van der Waals surface area contributed by atoms with E-state index in [1.54, 1.807) is 96.2 Å². The lowest BCUT2D eigenvalue weighted by molar-refractivity contribution is -0.134. The minimum absolute atomic E-state index is 0.00662. The zero-order valence-electron chi connectivity index (χ0n) is 46.0. The molecule has 1 aliphatic rings. The van der Waals surface area contributed by atoms with E-state index in [4.69, 9.17) is 14.2 Å². The normalized spacial score (nSPS) is 12.6. The number of pyridine rings is 1. The Morgan fingerprint density at radius 1 is 0.695 bits per heavy atom. The van der Waals surface area contributed by atoms with Gasteiger partial charge in [-0.3, -0.25) is 29.1 Å². The van der Waals surface area contributed by atoms with Gasteiger partial charge in [0.2, 0.25) is 5.91 Å². The fourth-order valence-corrected chi connectivity index (χ4v) is 10.2. The third-order valence-electron chi connectivity index (χ3n) is 13.4. The highest BCUT2D eigenvalue weighted by atomic mass is 32.1. The molecule has 16 heteroatoms. The highest BCUT2D eigenvalue weighted by Gasteiger charge is 2.25. The van der Waals surface area contributed by atoms with E-state index in [0.29, 0.717) is 53.4 Å². The summed E-state index contributed by atoms with van der Waals surface area (Å²) in [5, 5.41) is 49.1. The Kier molecular flexibility index (Phi) is 22.5. The van der Waals surface area contributed by atoms with Crippen molar-refractivity contribution in [3.63, 3.8) is 0 Å². The van der Waals surface area contributed by atoms with Crippen LogP contribution in [0.5, 0.6) is 40.2 Å². The van der Waals surface area contributed by atoms with E-state index < -0.39 is 5.92 Å². The number of amides is 1. The summed E-state index contributed by atoms with van der Waals surface area (Å²) >= 11 is 1.46. The summed E-state index contributed by atoms with van der Waals surface area (Å²) in [7, 11) is 2.87. The quantitative estimate of drug-likeness (QED) is 0.0257. The first kappa shape index (κ1) is 60.5. The number of ketones is 3. The van der Waals surface area contributed by atoms with E-state index in [1.807, 2.05) is 73.7 Å². The molecule has 0 aliphatic carbocycles. The van der Waals surface area contributed by atoms with Gasteiger partial charge in [-0.2, -0.15) is 0 Å². The maximum absolute atomic E-state index is 13.6. The maximum atomic E-state index is 13.6. The van der Waals surface area contributed by atoms with Crippen LogP contribution in [-0.2, 0) is 20.9 Å². The zero-order chi connectivity index (χ0) is 58.4. The number of thiophene rings is 1. The van der Waals surface area contributed by atoms with Crippen LogP contribution in [0.1, 0.15) is 76.7 Å². The number of piperidine rings is 1. The van der Waals surface area contributed by atoms with Crippen LogP contribution in [0.3, 0.4) is 0 Å². The predicted molar refractivity (Wildman–Crippen MR) is 320 cm³/mol. The third-order valence-corrected chi connectivity index (χ3v) is 14.7. The van der Waals surface area contributed by atoms with Gasteiger partial charge in [-0.1, -0.05) is 61.0 Å². The van der Waals surface area contributed by atoms with Crippen LogP contribution < -0.4 is 14.2 Å². The van der Waals surface area contributed by atoms with Gasteiger partial charge in [0.1, 0.15) is 23.9 Å². The zero-order valence-corrected chi connectivity index (χ0v) is 46.8. The first-order chi connectivity index (χ1) is 39.8. The maximum Gasteiger partial charge on any atom is 0.232 e. The lowest BCUT2D eigenvalue weighted by atomic mass is 9.97. The highest BCUT2D eigenvalue weighted by Crippen LogP contribution is 2.42. The molecule has 0 saturated carbocycles. The number of carbonyl (C=O) groups excluding carboxylic acids is 4. The monoisotopic (exact) mass is 1130 g/mol. The Balaban J connectivity index is 0.000000183.